The van der Waals surface area contributed by atoms with Gasteiger partial charge in [-0.2, -0.15) is 0 Å². The third kappa shape index (κ3) is 5.36. The van der Waals surface area contributed by atoms with Gasteiger partial charge < -0.3 is 19.2 Å². The van der Waals surface area contributed by atoms with Crippen molar-refractivity contribution in [2.24, 2.45) is 0 Å². The molecule has 5 aromatic rings. The minimum Gasteiger partial charge on any atom is -0.495 e. The van der Waals surface area contributed by atoms with Gasteiger partial charge in [0.1, 0.15) is 11.3 Å². The monoisotopic (exact) mass is 557 g/mol. The molecule has 0 unspecified atom stereocenters. The molecule has 3 heterocycles. The van der Waals surface area contributed by atoms with Gasteiger partial charge in [0.2, 0.25) is 5.43 Å². The van der Waals surface area contributed by atoms with E-state index in [1.165, 1.54) is 50.9 Å². The van der Waals surface area contributed by atoms with Gasteiger partial charge in [-0.15, -0.1) is 0 Å². The molecule has 0 saturated carbocycles. The van der Waals surface area contributed by atoms with E-state index in [2.05, 4.69) is 15.0 Å². The zero-order valence-electron chi connectivity index (χ0n) is 22.7. The predicted molar refractivity (Wildman–Crippen MR) is 149 cm³/mol. The van der Waals surface area contributed by atoms with Crippen molar-refractivity contribution in [1.29, 1.82) is 0 Å². The molecule has 0 saturated heterocycles. The van der Waals surface area contributed by atoms with E-state index in [0.29, 0.717) is 45.0 Å². The SMILES string of the molecule is COc1cnc2c(Oc3ccc(CC(=O)c4c(C)[nH]c(C)c(-c5ccc(OC)c(F)c5)c4=O)cc3F)ccnc2c1. The van der Waals surface area contributed by atoms with Crippen LogP contribution in [0, 0.1) is 25.5 Å². The number of carbonyl (C=O) groups is 1. The maximum atomic E-state index is 15.1. The highest BCUT2D eigenvalue weighted by Gasteiger charge is 2.22. The molecule has 0 aliphatic rings. The van der Waals surface area contributed by atoms with E-state index in [4.69, 9.17) is 14.2 Å². The summed E-state index contributed by atoms with van der Waals surface area (Å²) in [6.45, 7) is 3.28. The van der Waals surface area contributed by atoms with Crippen LogP contribution < -0.4 is 19.6 Å². The van der Waals surface area contributed by atoms with Crippen molar-refractivity contribution in [3.8, 4) is 34.1 Å². The van der Waals surface area contributed by atoms with Gasteiger partial charge in [0.25, 0.3) is 0 Å². The number of nitrogens with zero attached hydrogens (tertiary/aromatic N) is 2. The summed E-state index contributed by atoms with van der Waals surface area (Å²) in [6, 6.07) is 11.5. The van der Waals surface area contributed by atoms with Crippen LogP contribution in [0.25, 0.3) is 22.2 Å². The Hall–Kier alpha value is -5.12. The molecule has 3 aromatic heterocycles. The number of aromatic amines is 1. The van der Waals surface area contributed by atoms with Crippen molar-refractivity contribution in [2.75, 3.05) is 14.2 Å². The van der Waals surface area contributed by atoms with Crippen LogP contribution >= 0.6 is 0 Å². The minimum absolute atomic E-state index is 0.0364. The Morgan fingerprint density at radius 1 is 0.878 bits per heavy atom. The van der Waals surface area contributed by atoms with Crippen LogP contribution in [-0.4, -0.2) is 35.0 Å². The number of nitrogens with one attached hydrogen (secondary N) is 1. The number of hydrogen-bond acceptors (Lipinski definition) is 7. The van der Waals surface area contributed by atoms with Crippen molar-refractivity contribution >= 4 is 16.8 Å². The molecule has 0 atom stereocenters. The van der Waals surface area contributed by atoms with Gasteiger partial charge in [-0.05, 0) is 49.2 Å². The van der Waals surface area contributed by atoms with Crippen LogP contribution in [-0.2, 0) is 6.42 Å². The number of methoxy groups -OCH3 is 2. The summed E-state index contributed by atoms with van der Waals surface area (Å²) >= 11 is 0. The number of aryl methyl sites for hydroxylation is 2. The van der Waals surface area contributed by atoms with E-state index < -0.39 is 22.8 Å². The van der Waals surface area contributed by atoms with Gasteiger partial charge in [-0.1, -0.05) is 12.1 Å². The van der Waals surface area contributed by atoms with E-state index >= 15 is 4.39 Å². The molecular weight excluding hydrogens is 532 g/mol. The summed E-state index contributed by atoms with van der Waals surface area (Å²) in [7, 11) is 2.86. The molecule has 0 aliphatic heterocycles. The Morgan fingerprint density at radius 2 is 1.63 bits per heavy atom. The number of benzene rings is 2. The minimum atomic E-state index is -0.697. The molecule has 0 amide bonds. The topological polar surface area (TPSA) is 103 Å². The lowest BCUT2D eigenvalue weighted by molar-refractivity contribution is 0.0991. The second kappa shape index (κ2) is 11.2. The Kier molecular flexibility index (Phi) is 7.47. The fourth-order valence-corrected chi connectivity index (χ4v) is 4.69. The number of halogens is 2. The Balaban J connectivity index is 1.42. The van der Waals surface area contributed by atoms with Crippen molar-refractivity contribution < 1.29 is 27.8 Å². The highest BCUT2D eigenvalue weighted by atomic mass is 19.1. The fourth-order valence-electron chi connectivity index (χ4n) is 4.69. The third-order valence-electron chi connectivity index (χ3n) is 6.63. The highest BCUT2D eigenvalue weighted by Crippen LogP contribution is 2.31. The zero-order chi connectivity index (χ0) is 29.3. The van der Waals surface area contributed by atoms with Gasteiger partial charge >= 0.3 is 0 Å². The first kappa shape index (κ1) is 27.4. The molecule has 0 fully saturated rings. The third-order valence-corrected chi connectivity index (χ3v) is 6.63. The van der Waals surface area contributed by atoms with Crippen molar-refractivity contribution in [3.63, 3.8) is 0 Å². The predicted octanol–water partition coefficient (Wildman–Crippen LogP) is 6.12. The molecule has 0 bridgehead atoms. The lowest BCUT2D eigenvalue weighted by Gasteiger charge is -2.13. The standard InChI is InChI=1S/C31H25F2N3O5/c1-16-28(19-6-8-25(40-4)22(33)13-19)31(38)29(17(2)36-16)24(37)12-18-5-7-26(21(32)11-18)41-27-9-10-34-23-14-20(39-3)15-35-30(23)27/h5-11,13-15H,12H2,1-4H3,(H,36,38). The molecule has 2 aromatic carbocycles. The molecule has 0 aliphatic carbocycles. The summed E-state index contributed by atoms with van der Waals surface area (Å²) < 4.78 is 45.4. The van der Waals surface area contributed by atoms with Crippen LogP contribution in [0.2, 0.25) is 0 Å². The van der Waals surface area contributed by atoms with Gasteiger partial charge in [-0.3, -0.25) is 14.6 Å². The second-order valence-corrected chi connectivity index (χ2v) is 9.32. The number of fused-ring (bicyclic) bond motifs is 1. The Bertz CT molecular complexity index is 1870. The van der Waals surface area contributed by atoms with Crippen LogP contribution in [0.15, 0.2) is 65.7 Å². The highest BCUT2D eigenvalue weighted by molar-refractivity contribution is 5.99. The lowest BCUT2D eigenvalue weighted by atomic mass is 9.95. The van der Waals surface area contributed by atoms with Gasteiger partial charge in [0.15, 0.2) is 34.7 Å². The number of ether oxygens (including phenoxy) is 3. The summed E-state index contributed by atoms with van der Waals surface area (Å²) in [6.07, 6.45) is 2.78. The summed E-state index contributed by atoms with van der Waals surface area (Å²) in [5, 5.41) is 0. The Morgan fingerprint density at radius 3 is 2.34 bits per heavy atom. The first-order valence-electron chi connectivity index (χ1n) is 12.6. The largest absolute Gasteiger partial charge is 0.495 e. The van der Waals surface area contributed by atoms with Crippen molar-refractivity contribution in [1.82, 2.24) is 15.0 Å². The normalized spacial score (nSPS) is 11.0. The average molecular weight is 558 g/mol. The number of ketones is 1. The number of carbonyl (C=O) groups excluding carboxylic acids is 1. The van der Waals surface area contributed by atoms with E-state index in [1.807, 2.05) is 0 Å². The fraction of sp³-hybridized carbons (Fsp3) is 0.161. The quantitative estimate of drug-likeness (QED) is 0.230. The number of hydrogen-bond donors (Lipinski definition) is 1. The van der Waals surface area contributed by atoms with E-state index in [9.17, 15) is 14.0 Å². The van der Waals surface area contributed by atoms with Gasteiger partial charge in [-0.25, -0.2) is 13.8 Å². The number of H-pyrrole nitrogens is 1. The smallest absolute Gasteiger partial charge is 0.200 e. The average Bonchev–Trinajstić information content (AvgIpc) is 2.94. The van der Waals surface area contributed by atoms with E-state index in [-0.39, 0.29) is 29.0 Å². The second-order valence-electron chi connectivity index (χ2n) is 9.32. The van der Waals surface area contributed by atoms with E-state index in [1.54, 1.807) is 38.1 Å². The maximum absolute atomic E-state index is 15.1. The summed E-state index contributed by atoms with van der Waals surface area (Å²) in [5.74, 6) is -1.06. The van der Waals surface area contributed by atoms with Crippen LogP contribution in [0.4, 0.5) is 8.78 Å². The maximum Gasteiger partial charge on any atom is 0.200 e. The number of aromatic nitrogens is 3. The van der Waals surface area contributed by atoms with E-state index in [0.717, 1.165) is 0 Å². The van der Waals surface area contributed by atoms with Crippen molar-refractivity contribution in [3.05, 3.63) is 105 Å². The van der Waals surface area contributed by atoms with Gasteiger partial charge in [0, 0.05) is 41.7 Å². The number of Topliss-reactive ketones (excluding diaryl/α,β-unsaturated/α-hetero) is 1. The van der Waals surface area contributed by atoms with Crippen molar-refractivity contribution in [2.45, 2.75) is 20.3 Å². The molecule has 0 spiro atoms. The summed E-state index contributed by atoms with van der Waals surface area (Å²) in [5.41, 5.74) is 2.00. The molecular formula is C31H25F2N3O5. The summed E-state index contributed by atoms with van der Waals surface area (Å²) in [4.78, 5) is 38.4. The molecule has 1 N–H and O–H groups in total. The van der Waals surface area contributed by atoms with Gasteiger partial charge in [0.05, 0.1) is 31.5 Å². The van der Waals surface area contributed by atoms with Crippen LogP contribution in [0.5, 0.6) is 23.0 Å². The zero-order valence-corrected chi connectivity index (χ0v) is 22.7. The lowest BCUT2D eigenvalue weighted by Crippen LogP contribution is -2.23. The first-order valence-corrected chi connectivity index (χ1v) is 12.6. The molecule has 0 radical (unpaired) electrons. The Labute approximate surface area is 233 Å². The van der Waals surface area contributed by atoms with Crippen LogP contribution in [0.3, 0.4) is 0 Å². The number of pyridine rings is 3. The van der Waals surface area contributed by atoms with Crippen LogP contribution in [0.1, 0.15) is 27.3 Å². The molecule has 8 nitrogen and oxygen atoms in total. The molecule has 5 rings (SSSR count). The molecule has 10 heteroatoms. The number of rotatable bonds is 8. The molecule has 208 valence electrons. The molecule has 41 heavy (non-hydrogen) atoms. The first-order chi connectivity index (χ1) is 19.7.